The predicted octanol–water partition coefficient (Wildman–Crippen LogP) is 2.94. The lowest BCUT2D eigenvalue weighted by Crippen LogP contribution is -2.16. The van der Waals surface area contributed by atoms with Gasteiger partial charge in [-0.15, -0.1) is 0 Å². The number of para-hydroxylation sites is 1. The predicted molar refractivity (Wildman–Crippen MR) is 92.4 cm³/mol. The largest absolute Gasteiger partial charge is 0.369 e. The quantitative estimate of drug-likeness (QED) is 0.755. The third-order valence-corrected chi connectivity index (χ3v) is 3.46. The molecule has 6 nitrogen and oxygen atoms in total. The molecule has 0 bridgehead atoms. The molecule has 3 aromatic rings. The van der Waals surface area contributed by atoms with E-state index in [1.54, 1.807) is 24.3 Å². The number of nitriles is 1. The lowest BCUT2D eigenvalue weighted by molar-refractivity contribution is -0.115. The average molecular weight is 317 g/mol. The molecule has 0 radical (unpaired) electrons. The van der Waals surface area contributed by atoms with Crippen LogP contribution in [0.4, 0.5) is 11.5 Å². The summed E-state index contributed by atoms with van der Waals surface area (Å²) < 4.78 is 0. The number of rotatable bonds is 5. The molecule has 0 aliphatic carbocycles. The summed E-state index contributed by atoms with van der Waals surface area (Å²) in [6.07, 6.45) is 1.78. The van der Waals surface area contributed by atoms with Gasteiger partial charge in [-0.1, -0.05) is 18.2 Å². The Hall–Kier alpha value is -3.46. The second kappa shape index (κ2) is 7.20. The zero-order chi connectivity index (χ0) is 16.8. The van der Waals surface area contributed by atoms with Gasteiger partial charge >= 0.3 is 0 Å². The molecule has 0 saturated heterocycles. The van der Waals surface area contributed by atoms with Gasteiger partial charge in [0, 0.05) is 24.0 Å². The number of hydrogen-bond donors (Lipinski definition) is 2. The van der Waals surface area contributed by atoms with Crippen LogP contribution in [0.5, 0.6) is 0 Å². The van der Waals surface area contributed by atoms with Crippen LogP contribution in [0.15, 0.2) is 54.9 Å². The minimum absolute atomic E-state index is 0.129. The molecular weight excluding hydrogens is 302 g/mol. The van der Waals surface area contributed by atoms with E-state index in [1.807, 2.05) is 30.3 Å². The van der Waals surface area contributed by atoms with Gasteiger partial charge in [-0.3, -0.25) is 4.79 Å². The van der Waals surface area contributed by atoms with Crippen molar-refractivity contribution in [3.05, 3.63) is 60.4 Å². The van der Waals surface area contributed by atoms with Crippen molar-refractivity contribution in [2.45, 2.75) is 6.42 Å². The Bertz CT molecular complexity index is 911. The van der Waals surface area contributed by atoms with Gasteiger partial charge in [0.1, 0.15) is 12.1 Å². The number of amides is 1. The third-order valence-electron chi connectivity index (χ3n) is 3.46. The van der Waals surface area contributed by atoms with Crippen LogP contribution in [-0.4, -0.2) is 22.4 Å². The van der Waals surface area contributed by atoms with E-state index in [2.05, 4.69) is 20.6 Å². The van der Waals surface area contributed by atoms with E-state index in [0.717, 1.165) is 10.9 Å². The molecule has 6 heteroatoms. The first-order valence-electron chi connectivity index (χ1n) is 7.50. The molecule has 1 amide bonds. The van der Waals surface area contributed by atoms with Crippen molar-refractivity contribution in [3.63, 3.8) is 0 Å². The van der Waals surface area contributed by atoms with E-state index in [9.17, 15) is 4.79 Å². The van der Waals surface area contributed by atoms with E-state index in [0.29, 0.717) is 23.6 Å². The molecule has 0 atom stereocenters. The van der Waals surface area contributed by atoms with Gasteiger partial charge in [-0.2, -0.15) is 5.26 Å². The lowest BCUT2D eigenvalue weighted by Gasteiger charge is -2.09. The molecule has 0 unspecified atom stereocenters. The second-order valence-electron chi connectivity index (χ2n) is 5.16. The maximum atomic E-state index is 12.0. The van der Waals surface area contributed by atoms with Crippen LogP contribution in [0.1, 0.15) is 12.0 Å². The fraction of sp³-hybridized carbons (Fsp3) is 0.111. The van der Waals surface area contributed by atoms with E-state index in [1.165, 1.54) is 6.33 Å². The second-order valence-corrected chi connectivity index (χ2v) is 5.16. The van der Waals surface area contributed by atoms with Crippen molar-refractivity contribution in [1.82, 2.24) is 9.97 Å². The summed E-state index contributed by atoms with van der Waals surface area (Å²) in [5.41, 5.74) is 1.98. The number of nitrogens with one attached hydrogen (secondary N) is 2. The highest BCUT2D eigenvalue weighted by molar-refractivity contribution is 5.92. The highest BCUT2D eigenvalue weighted by atomic mass is 16.1. The summed E-state index contributed by atoms with van der Waals surface area (Å²) in [5.74, 6) is 0.579. The Labute approximate surface area is 139 Å². The van der Waals surface area contributed by atoms with Crippen molar-refractivity contribution >= 4 is 28.3 Å². The van der Waals surface area contributed by atoms with E-state index < -0.39 is 0 Å². The molecule has 2 N–H and O–H groups in total. The third kappa shape index (κ3) is 3.65. The molecular formula is C18H15N5O. The highest BCUT2D eigenvalue weighted by Crippen LogP contribution is 2.18. The van der Waals surface area contributed by atoms with Crippen LogP contribution in [0.25, 0.3) is 10.9 Å². The van der Waals surface area contributed by atoms with Gasteiger partial charge in [0.25, 0.3) is 0 Å². The Kier molecular flexibility index (Phi) is 4.63. The first kappa shape index (κ1) is 15.4. The lowest BCUT2D eigenvalue weighted by atomic mass is 10.2. The Morgan fingerprint density at radius 1 is 1.12 bits per heavy atom. The van der Waals surface area contributed by atoms with Crippen LogP contribution >= 0.6 is 0 Å². The number of fused-ring (bicyclic) bond motifs is 1. The van der Waals surface area contributed by atoms with E-state index in [4.69, 9.17) is 5.26 Å². The number of carbonyl (C=O) groups excluding carboxylic acids is 1. The van der Waals surface area contributed by atoms with Crippen molar-refractivity contribution in [2.75, 3.05) is 17.2 Å². The molecule has 1 heterocycles. The summed E-state index contributed by atoms with van der Waals surface area (Å²) in [7, 11) is 0. The van der Waals surface area contributed by atoms with Crippen LogP contribution in [0, 0.1) is 11.3 Å². The zero-order valence-electron chi connectivity index (χ0n) is 12.9. The van der Waals surface area contributed by atoms with Crippen molar-refractivity contribution in [3.8, 4) is 6.07 Å². The number of aromatic nitrogens is 2. The van der Waals surface area contributed by atoms with Crippen LogP contribution in [0.3, 0.4) is 0 Å². The minimum atomic E-state index is -0.129. The fourth-order valence-corrected chi connectivity index (χ4v) is 2.33. The SMILES string of the molecule is N#Cc1cccc(NC(=O)CCNc2ncnc3ccccc23)c1. The maximum absolute atomic E-state index is 12.0. The number of hydrogen-bond acceptors (Lipinski definition) is 5. The van der Waals surface area contributed by atoms with E-state index in [-0.39, 0.29) is 12.3 Å². The van der Waals surface area contributed by atoms with Gasteiger partial charge in [-0.05, 0) is 30.3 Å². The first-order valence-corrected chi connectivity index (χ1v) is 7.50. The van der Waals surface area contributed by atoms with Crippen molar-refractivity contribution < 1.29 is 4.79 Å². The van der Waals surface area contributed by atoms with Gasteiger partial charge in [0.2, 0.25) is 5.91 Å². The molecule has 0 fully saturated rings. The molecule has 0 saturated carbocycles. The first-order chi connectivity index (χ1) is 11.8. The van der Waals surface area contributed by atoms with Crippen LogP contribution in [0.2, 0.25) is 0 Å². The standard InChI is InChI=1S/C18H15N5O/c19-11-13-4-3-5-14(10-13)23-17(24)8-9-20-18-15-6-1-2-7-16(15)21-12-22-18/h1-7,10,12H,8-9H2,(H,23,24)(H,20,21,22). The minimum Gasteiger partial charge on any atom is -0.369 e. The van der Waals surface area contributed by atoms with Gasteiger partial charge in [0.05, 0.1) is 17.1 Å². The molecule has 24 heavy (non-hydrogen) atoms. The smallest absolute Gasteiger partial charge is 0.226 e. The Balaban J connectivity index is 1.57. The zero-order valence-corrected chi connectivity index (χ0v) is 12.9. The summed E-state index contributed by atoms with van der Waals surface area (Å²) in [5, 5.41) is 15.7. The maximum Gasteiger partial charge on any atom is 0.226 e. The fourth-order valence-electron chi connectivity index (χ4n) is 2.33. The summed E-state index contributed by atoms with van der Waals surface area (Å²) in [6, 6.07) is 16.6. The molecule has 0 aliphatic rings. The summed E-state index contributed by atoms with van der Waals surface area (Å²) >= 11 is 0. The molecule has 1 aromatic heterocycles. The molecule has 0 aliphatic heterocycles. The number of nitrogens with zero attached hydrogens (tertiary/aromatic N) is 3. The molecule has 3 rings (SSSR count). The van der Waals surface area contributed by atoms with Gasteiger partial charge in [0.15, 0.2) is 0 Å². The van der Waals surface area contributed by atoms with Gasteiger partial charge < -0.3 is 10.6 Å². The normalized spacial score (nSPS) is 10.1. The van der Waals surface area contributed by atoms with Crippen LogP contribution < -0.4 is 10.6 Å². The van der Waals surface area contributed by atoms with Crippen molar-refractivity contribution in [1.29, 1.82) is 5.26 Å². The molecule has 118 valence electrons. The topological polar surface area (TPSA) is 90.7 Å². The Morgan fingerprint density at radius 2 is 2.00 bits per heavy atom. The summed E-state index contributed by atoms with van der Waals surface area (Å²) in [6.45, 7) is 0.449. The highest BCUT2D eigenvalue weighted by Gasteiger charge is 2.05. The monoisotopic (exact) mass is 317 g/mol. The summed E-state index contributed by atoms with van der Waals surface area (Å²) in [4.78, 5) is 20.4. The van der Waals surface area contributed by atoms with E-state index >= 15 is 0 Å². The number of carbonyl (C=O) groups is 1. The number of benzene rings is 2. The molecule has 2 aromatic carbocycles. The van der Waals surface area contributed by atoms with Crippen LogP contribution in [-0.2, 0) is 4.79 Å². The average Bonchev–Trinajstić information content (AvgIpc) is 2.62. The number of anilines is 2. The van der Waals surface area contributed by atoms with Crippen molar-refractivity contribution in [2.24, 2.45) is 0 Å². The molecule has 0 spiro atoms. The Morgan fingerprint density at radius 3 is 2.88 bits per heavy atom. The van der Waals surface area contributed by atoms with Gasteiger partial charge in [-0.25, -0.2) is 9.97 Å².